The number of rotatable bonds is 5. The van der Waals surface area contributed by atoms with Crippen LogP contribution in [0.2, 0.25) is 0 Å². The van der Waals surface area contributed by atoms with Crippen molar-refractivity contribution in [2.75, 3.05) is 31.1 Å². The molecule has 0 radical (unpaired) electrons. The van der Waals surface area contributed by atoms with Crippen LogP contribution in [0.25, 0.3) is 4.85 Å². The molecule has 3 fully saturated rings. The molecule has 178 valence electrons. The fourth-order valence-corrected chi connectivity index (χ4v) is 4.92. The van der Waals surface area contributed by atoms with Crippen molar-refractivity contribution in [3.8, 4) is 5.88 Å². The quantitative estimate of drug-likeness (QED) is 0.620. The summed E-state index contributed by atoms with van der Waals surface area (Å²) in [7, 11) is 0. The third kappa shape index (κ3) is 3.81. The van der Waals surface area contributed by atoms with Crippen molar-refractivity contribution in [2.24, 2.45) is 11.8 Å². The number of piperidine rings is 1. The van der Waals surface area contributed by atoms with Crippen LogP contribution in [0, 0.1) is 18.4 Å². The van der Waals surface area contributed by atoms with Crippen molar-refractivity contribution in [1.29, 1.82) is 0 Å². The molecule has 3 aliphatic rings. The van der Waals surface area contributed by atoms with E-state index in [0.29, 0.717) is 31.2 Å². The number of carbonyl (C=O) groups excluding carboxylic acids is 2. The van der Waals surface area contributed by atoms with Gasteiger partial charge in [-0.15, -0.1) is 0 Å². The van der Waals surface area contributed by atoms with Crippen molar-refractivity contribution in [2.45, 2.75) is 38.0 Å². The second-order valence-corrected chi connectivity index (χ2v) is 9.85. The number of ether oxygens (including phenoxy) is 3. The van der Waals surface area contributed by atoms with Gasteiger partial charge in [0.15, 0.2) is 6.10 Å². The van der Waals surface area contributed by atoms with Crippen LogP contribution in [0.1, 0.15) is 26.3 Å². The molecule has 0 bridgehead atoms. The van der Waals surface area contributed by atoms with Crippen LogP contribution in [-0.2, 0) is 15.0 Å². The van der Waals surface area contributed by atoms with Gasteiger partial charge in [-0.2, -0.15) is 0 Å². The highest BCUT2D eigenvalue weighted by molar-refractivity contribution is 5.89. The van der Waals surface area contributed by atoms with E-state index in [9.17, 15) is 9.59 Å². The predicted octanol–water partition coefficient (Wildman–Crippen LogP) is 3.69. The first-order valence-corrected chi connectivity index (χ1v) is 11.2. The number of hydrogen-bond acceptors (Lipinski definition) is 7. The summed E-state index contributed by atoms with van der Waals surface area (Å²) in [5.41, 5.74) is 0.424. The zero-order chi connectivity index (χ0) is 24.1. The van der Waals surface area contributed by atoms with Gasteiger partial charge in [-0.1, -0.05) is 0 Å². The highest BCUT2D eigenvalue weighted by Gasteiger charge is 2.77. The second kappa shape index (κ2) is 7.94. The Morgan fingerprint density at radius 2 is 1.91 bits per heavy atom. The third-order valence-corrected chi connectivity index (χ3v) is 6.52. The fourth-order valence-electron chi connectivity index (χ4n) is 4.92. The van der Waals surface area contributed by atoms with E-state index < -0.39 is 23.3 Å². The van der Waals surface area contributed by atoms with Gasteiger partial charge in [0.2, 0.25) is 0 Å². The maximum absolute atomic E-state index is 12.4. The van der Waals surface area contributed by atoms with Crippen LogP contribution in [0.3, 0.4) is 0 Å². The Balaban J connectivity index is 1.21. The zero-order valence-electron chi connectivity index (χ0n) is 19.3. The van der Waals surface area contributed by atoms with Gasteiger partial charge in [-0.3, -0.25) is 4.90 Å². The van der Waals surface area contributed by atoms with Gasteiger partial charge < -0.3 is 28.5 Å². The summed E-state index contributed by atoms with van der Waals surface area (Å²) in [4.78, 5) is 32.0. The van der Waals surface area contributed by atoms with E-state index in [4.69, 9.17) is 25.3 Å². The van der Waals surface area contributed by atoms with Gasteiger partial charge in [0.05, 0.1) is 18.4 Å². The molecule has 1 aliphatic carbocycles. The number of hydrogen-bond donors (Lipinski definition) is 0. The summed E-state index contributed by atoms with van der Waals surface area (Å²) in [5.74, 6) is 0.500. The lowest BCUT2D eigenvalue weighted by molar-refractivity contribution is 0.0265. The molecule has 0 N–H and O–H groups in total. The first kappa shape index (κ1) is 22.1. The highest BCUT2D eigenvalue weighted by Crippen LogP contribution is 2.64. The fraction of sp³-hybridized carbons (Fsp3) is 0.500. The van der Waals surface area contributed by atoms with Gasteiger partial charge in [0.25, 0.3) is 11.4 Å². The van der Waals surface area contributed by atoms with Crippen molar-refractivity contribution in [1.82, 2.24) is 10.1 Å². The van der Waals surface area contributed by atoms with E-state index in [1.54, 1.807) is 15.9 Å². The molecule has 2 saturated heterocycles. The van der Waals surface area contributed by atoms with E-state index in [0.717, 1.165) is 5.56 Å². The number of amides is 2. The largest absolute Gasteiger partial charge is 0.471 e. The van der Waals surface area contributed by atoms with Gasteiger partial charge in [0, 0.05) is 30.4 Å². The molecular formula is C24H26N4O6. The van der Waals surface area contributed by atoms with E-state index in [1.807, 2.05) is 45.0 Å². The molecule has 1 aromatic carbocycles. The molecule has 2 amide bonds. The van der Waals surface area contributed by atoms with Crippen molar-refractivity contribution >= 4 is 17.9 Å². The number of likely N-dealkylation sites (tertiary alicyclic amines) is 1. The maximum atomic E-state index is 12.4. The number of fused-ring (bicyclic) bond motifs is 1. The number of aromatic nitrogens is 1. The summed E-state index contributed by atoms with van der Waals surface area (Å²) >= 11 is 0. The second-order valence-electron chi connectivity index (χ2n) is 9.85. The highest BCUT2D eigenvalue weighted by atomic mass is 16.6. The summed E-state index contributed by atoms with van der Waals surface area (Å²) in [6.07, 6.45) is 0.199. The minimum atomic E-state index is -0.628. The number of nitrogens with zero attached hydrogens (tertiary/aromatic N) is 4. The Hall–Kier alpha value is -3.74. The van der Waals surface area contributed by atoms with Crippen LogP contribution in [-0.4, -0.2) is 60.2 Å². The molecule has 3 heterocycles. The Labute approximate surface area is 197 Å². The standard InChI is InChI=1S/C24H26N4O6/c1-23(2,3)34-21(29)27-12-18-19(13-27)24(18,25-4)15-5-7-16(8-6-15)28-11-17(33-22(28)30)14-31-20-9-10-32-26-20/h5-10,17-19H,11-14H2,1-3H3/t17-,18-,19+,24?/m1/s1. The molecule has 1 saturated carbocycles. The molecule has 4 atom stereocenters. The first-order valence-electron chi connectivity index (χ1n) is 11.2. The van der Waals surface area contributed by atoms with Crippen molar-refractivity contribution in [3.05, 3.63) is 53.6 Å². The average molecular weight is 466 g/mol. The molecule has 0 spiro atoms. The molecule has 1 unspecified atom stereocenters. The smallest absolute Gasteiger partial charge is 0.414 e. The summed E-state index contributed by atoms with van der Waals surface area (Å²) < 4.78 is 21.0. The van der Waals surface area contributed by atoms with Gasteiger partial charge in [-0.25, -0.2) is 16.2 Å². The van der Waals surface area contributed by atoms with E-state index in [-0.39, 0.29) is 24.5 Å². The summed E-state index contributed by atoms with van der Waals surface area (Å²) in [5, 5.41) is 3.67. The topological polar surface area (TPSA) is 98.7 Å². The SMILES string of the molecule is [C-]#[N+]C1(c2ccc(N3C[C@H](COc4ccon4)OC3=O)cc2)[C@@H]2CN(C(=O)OC(C)(C)C)C[C@@H]21. The zero-order valence-corrected chi connectivity index (χ0v) is 19.3. The van der Waals surface area contributed by atoms with Crippen LogP contribution < -0.4 is 9.64 Å². The minimum absolute atomic E-state index is 0.0816. The molecule has 34 heavy (non-hydrogen) atoms. The lowest BCUT2D eigenvalue weighted by Crippen LogP contribution is -2.38. The van der Waals surface area contributed by atoms with Gasteiger partial charge >= 0.3 is 12.2 Å². The Kier molecular flexibility index (Phi) is 5.15. The minimum Gasteiger partial charge on any atom is -0.471 e. The van der Waals surface area contributed by atoms with Crippen molar-refractivity contribution < 1.29 is 28.3 Å². The first-order chi connectivity index (χ1) is 16.2. The monoisotopic (exact) mass is 466 g/mol. The third-order valence-electron chi connectivity index (χ3n) is 6.52. The normalized spacial score (nSPS) is 27.7. The number of anilines is 1. The number of benzene rings is 1. The van der Waals surface area contributed by atoms with Crippen molar-refractivity contribution in [3.63, 3.8) is 0 Å². The van der Waals surface area contributed by atoms with Crippen LogP contribution in [0.15, 0.2) is 41.1 Å². The Morgan fingerprint density at radius 1 is 1.21 bits per heavy atom. The van der Waals surface area contributed by atoms with Crippen LogP contribution >= 0.6 is 0 Å². The van der Waals surface area contributed by atoms with Gasteiger partial charge in [0.1, 0.15) is 18.5 Å². The van der Waals surface area contributed by atoms with E-state index in [1.165, 1.54) is 6.26 Å². The summed E-state index contributed by atoms with van der Waals surface area (Å²) in [6, 6.07) is 9.06. The van der Waals surface area contributed by atoms with Gasteiger partial charge in [-0.05, 0) is 50.2 Å². The lowest BCUT2D eigenvalue weighted by atomic mass is 9.99. The Morgan fingerprint density at radius 3 is 2.50 bits per heavy atom. The molecular weight excluding hydrogens is 440 g/mol. The lowest BCUT2D eigenvalue weighted by Gasteiger charge is -2.26. The molecule has 2 aromatic rings. The molecule has 10 heteroatoms. The maximum Gasteiger partial charge on any atom is 0.414 e. The molecule has 2 aliphatic heterocycles. The van der Waals surface area contributed by atoms with E-state index in [2.05, 4.69) is 10.0 Å². The van der Waals surface area contributed by atoms with E-state index >= 15 is 0 Å². The van der Waals surface area contributed by atoms with Crippen LogP contribution in [0.5, 0.6) is 5.88 Å². The average Bonchev–Trinajstić information content (AvgIpc) is 3.30. The number of carbonyl (C=O) groups is 2. The predicted molar refractivity (Wildman–Crippen MR) is 119 cm³/mol. The molecule has 1 aromatic heterocycles. The molecule has 5 rings (SSSR count). The number of cyclic esters (lactones) is 1. The molecule has 10 nitrogen and oxygen atoms in total. The van der Waals surface area contributed by atoms with Crippen LogP contribution in [0.4, 0.5) is 15.3 Å². The Bertz CT molecular complexity index is 1110. The summed E-state index contributed by atoms with van der Waals surface area (Å²) in [6.45, 7) is 14.9.